The number of carbonyl (C=O) groups excluding carboxylic acids is 4. The van der Waals surface area contributed by atoms with E-state index >= 15 is 4.79 Å². The molecular formula is C41H35ClFN3O6. The zero-order valence-corrected chi connectivity index (χ0v) is 28.9. The molecule has 3 fully saturated rings. The minimum atomic E-state index is -1.54. The van der Waals surface area contributed by atoms with E-state index in [1.54, 1.807) is 43.3 Å². The van der Waals surface area contributed by atoms with Crippen molar-refractivity contribution in [1.29, 1.82) is 0 Å². The number of hydrogen-bond donors (Lipinski definition) is 2. The van der Waals surface area contributed by atoms with E-state index in [1.165, 1.54) is 35.2 Å². The van der Waals surface area contributed by atoms with E-state index < -0.39 is 52.6 Å². The highest BCUT2D eigenvalue weighted by Gasteiger charge is 2.70. The molecule has 2 saturated heterocycles. The van der Waals surface area contributed by atoms with E-state index in [0.29, 0.717) is 21.8 Å². The predicted molar refractivity (Wildman–Crippen MR) is 190 cm³/mol. The van der Waals surface area contributed by atoms with Gasteiger partial charge in [-0.05, 0) is 90.9 Å². The summed E-state index contributed by atoms with van der Waals surface area (Å²) in [5.74, 6) is -5.69. The Morgan fingerprint density at radius 2 is 1.63 bits per heavy atom. The number of likely N-dealkylation sites (tertiary alicyclic amines) is 1. The number of nitrogens with one attached hydrogen (secondary N) is 1. The number of aromatic hydroxyl groups is 1. The maximum atomic E-state index is 15.3. The summed E-state index contributed by atoms with van der Waals surface area (Å²) in [4.78, 5) is 59.7. The third-order valence-electron chi connectivity index (χ3n) is 11.1. The molecule has 0 spiro atoms. The Kier molecular flexibility index (Phi) is 8.37. The Balaban J connectivity index is 1.31. The van der Waals surface area contributed by atoms with Crippen LogP contribution in [-0.4, -0.2) is 45.3 Å². The van der Waals surface area contributed by atoms with Gasteiger partial charge in [0.25, 0.3) is 11.8 Å². The van der Waals surface area contributed by atoms with Gasteiger partial charge in [0.05, 0.1) is 42.0 Å². The Bertz CT molecular complexity index is 2120. The van der Waals surface area contributed by atoms with Gasteiger partial charge in [0.15, 0.2) is 11.5 Å². The average Bonchev–Trinajstić information content (AvgIpc) is 3.51. The van der Waals surface area contributed by atoms with Gasteiger partial charge >= 0.3 is 0 Å². The van der Waals surface area contributed by atoms with Crippen molar-refractivity contribution in [3.05, 3.63) is 136 Å². The van der Waals surface area contributed by atoms with Crippen LogP contribution in [-0.2, 0) is 31.1 Å². The molecule has 0 unspecified atom stereocenters. The van der Waals surface area contributed by atoms with Gasteiger partial charge < -0.3 is 9.84 Å². The Hall–Kier alpha value is -5.48. The first-order chi connectivity index (χ1) is 25.1. The van der Waals surface area contributed by atoms with Crippen molar-refractivity contribution in [2.24, 2.45) is 23.7 Å². The first kappa shape index (κ1) is 33.7. The van der Waals surface area contributed by atoms with Crippen LogP contribution in [0.1, 0.15) is 42.4 Å². The maximum absolute atomic E-state index is 15.3. The first-order valence-electron chi connectivity index (χ1n) is 17.3. The third kappa shape index (κ3) is 5.19. The van der Waals surface area contributed by atoms with Crippen molar-refractivity contribution in [3.8, 4) is 11.5 Å². The molecule has 11 heteroatoms. The number of phenolic OH excluding ortho intramolecular Hbond substituents is 1. The highest BCUT2D eigenvalue weighted by atomic mass is 35.5. The van der Waals surface area contributed by atoms with Crippen LogP contribution in [0.5, 0.6) is 11.5 Å². The fourth-order valence-corrected chi connectivity index (χ4v) is 9.12. The molecule has 2 heterocycles. The molecular weight excluding hydrogens is 685 g/mol. The zero-order valence-electron chi connectivity index (χ0n) is 28.2. The lowest BCUT2D eigenvalue weighted by Crippen LogP contribution is -2.53. The van der Waals surface area contributed by atoms with Gasteiger partial charge in [-0.15, -0.1) is 0 Å². The highest BCUT2D eigenvalue weighted by Crippen LogP contribution is 2.64. The van der Waals surface area contributed by atoms with E-state index in [1.807, 2.05) is 36.4 Å². The Labute approximate surface area is 304 Å². The number of phenols is 1. The van der Waals surface area contributed by atoms with Gasteiger partial charge in [-0.2, -0.15) is 5.01 Å². The molecule has 2 aliphatic heterocycles. The van der Waals surface area contributed by atoms with Crippen molar-refractivity contribution < 1.29 is 33.4 Å². The molecule has 0 bridgehead atoms. The summed E-state index contributed by atoms with van der Waals surface area (Å²) in [6, 6.07) is 26.4. The lowest BCUT2D eigenvalue weighted by atomic mass is 9.49. The van der Waals surface area contributed by atoms with Crippen molar-refractivity contribution in [2.75, 3.05) is 12.0 Å². The van der Waals surface area contributed by atoms with Crippen molar-refractivity contribution in [1.82, 2.24) is 9.91 Å². The quantitative estimate of drug-likeness (QED) is 0.153. The van der Waals surface area contributed by atoms with Crippen molar-refractivity contribution >= 4 is 40.9 Å². The van der Waals surface area contributed by atoms with Crippen LogP contribution >= 0.6 is 11.6 Å². The van der Waals surface area contributed by atoms with E-state index in [0.717, 1.165) is 16.1 Å². The van der Waals surface area contributed by atoms with Crippen LogP contribution in [0, 0.1) is 29.5 Å². The number of ether oxygens (including phenoxy) is 1. The van der Waals surface area contributed by atoms with Gasteiger partial charge in [0, 0.05) is 10.9 Å². The third-order valence-corrected chi connectivity index (χ3v) is 11.4. The Morgan fingerprint density at radius 1 is 0.904 bits per heavy atom. The Morgan fingerprint density at radius 3 is 2.35 bits per heavy atom. The van der Waals surface area contributed by atoms with Gasteiger partial charge in [-0.3, -0.25) is 29.5 Å². The number of halogens is 2. The topological polar surface area (TPSA) is 116 Å². The summed E-state index contributed by atoms with van der Waals surface area (Å²) < 4.78 is 19.7. The van der Waals surface area contributed by atoms with Gasteiger partial charge in [-0.1, -0.05) is 71.8 Å². The number of allylic oxidation sites excluding steroid dienone is 2. The van der Waals surface area contributed by atoms with E-state index in [4.69, 9.17) is 16.3 Å². The number of hydrogen-bond acceptors (Lipinski definition) is 7. The number of benzene rings is 4. The SMILES string of the molecule is CCOc1cc([C@H]2C3=CC[C@@H]4C(=O)N(Cc5ccccc5)C(=O)[C@@H]4[C@@H]3C[C@H]3C(=O)N(Nc4ccc(F)cc4)C(=O)[C@@]23c2ccc(Cl)cc2)ccc1O. The molecule has 2 aliphatic carbocycles. The number of rotatable bonds is 8. The summed E-state index contributed by atoms with van der Waals surface area (Å²) in [5, 5.41) is 12.2. The molecule has 9 nitrogen and oxygen atoms in total. The van der Waals surface area contributed by atoms with E-state index in [-0.39, 0.29) is 49.3 Å². The summed E-state index contributed by atoms with van der Waals surface area (Å²) >= 11 is 6.37. The van der Waals surface area contributed by atoms with Gasteiger partial charge in [-0.25, -0.2) is 4.39 Å². The van der Waals surface area contributed by atoms with Crippen molar-refractivity contribution in [2.45, 2.75) is 37.6 Å². The lowest BCUT2D eigenvalue weighted by Gasteiger charge is -2.50. The zero-order chi connectivity index (χ0) is 36.3. The molecule has 0 aromatic heterocycles. The molecule has 4 aliphatic rings. The summed E-state index contributed by atoms with van der Waals surface area (Å²) in [7, 11) is 0. The fourth-order valence-electron chi connectivity index (χ4n) is 9.00. The maximum Gasteiger partial charge on any atom is 0.260 e. The minimum absolute atomic E-state index is 0.0886. The fraction of sp³-hybridized carbons (Fsp3) is 0.268. The predicted octanol–water partition coefficient (Wildman–Crippen LogP) is 6.77. The molecule has 6 atom stereocenters. The standard InChI is InChI=1S/C41H35ClFN3O6/c1-2-52-34-20-24(8-19-33(34)47)36-29-17-18-30-35(39(50)45(37(30)48)22-23-6-4-3-5-7-23)31(29)21-32-38(49)46(44-28-15-13-27(43)14-16-28)40(51)41(32,36)25-9-11-26(42)12-10-25/h3-17,19-20,30-32,35-36,44,47H,2,18,21-22H2,1H3/t30-,31+,32-,35-,36-,41+/m0/s1. The molecule has 0 radical (unpaired) electrons. The highest BCUT2D eigenvalue weighted by molar-refractivity contribution is 6.30. The monoisotopic (exact) mass is 719 g/mol. The van der Waals surface area contributed by atoms with E-state index in [9.17, 15) is 23.9 Å². The summed E-state index contributed by atoms with van der Waals surface area (Å²) in [6.45, 7) is 2.19. The number of nitrogens with zero attached hydrogens (tertiary/aromatic N) is 2. The molecule has 264 valence electrons. The van der Waals surface area contributed by atoms with Crippen molar-refractivity contribution in [3.63, 3.8) is 0 Å². The number of hydrazine groups is 1. The second-order valence-corrected chi connectivity index (χ2v) is 14.2. The van der Waals surface area contributed by atoms with Gasteiger partial charge in [0.2, 0.25) is 11.8 Å². The molecule has 4 amide bonds. The molecule has 1 saturated carbocycles. The molecule has 4 aromatic rings. The van der Waals surface area contributed by atoms with Crippen LogP contribution in [0.2, 0.25) is 5.02 Å². The molecule has 2 N–H and O–H groups in total. The smallest absolute Gasteiger partial charge is 0.260 e. The number of anilines is 1. The second kappa shape index (κ2) is 12.9. The second-order valence-electron chi connectivity index (χ2n) is 13.8. The number of imide groups is 2. The number of carbonyl (C=O) groups is 4. The number of fused-ring (bicyclic) bond motifs is 4. The average molecular weight is 720 g/mol. The first-order valence-corrected chi connectivity index (χ1v) is 17.7. The van der Waals surface area contributed by atoms with Crippen LogP contribution in [0.4, 0.5) is 10.1 Å². The lowest BCUT2D eigenvalue weighted by molar-refractivity contribution is -0.142. The van der Waals surface area contributed by atoms with Crippen LogP contribution in [0.15, 0.2) is 109 Å². The molecule has 4 aromatic carbocycles. The largest absolute Gasteiger partial charge is 0.504 e. The minimum Gasteiger partial charge on any atom is -0.504 e. The van der Waals surface area contributed by atoms with Crippen LogP contribution < -0.4 is 10.2 Å². The molecule has 52 heavy (non-hydrogen) atoms. The van der Waals surface area contributed by atoms with Crippen LogP contribution in [0.3, 0.4) is 0 Å². The normalized spacial score (nSPS) is 26.5. The summed E-state index contributed by atoms with van der Waals surface area (Å²) in [6.07, 6.45) is 2.37. The molecule has 8 rings (SSSR count). The van der Waals surface area contributed by atoms with Crippen LogP contribution in [0.25, 0.3) is 0 Å². The summed E-state index contributed by atoms with van der Waals surface area (Å²) in [5.41, 5.74) is 4.47. The number of amides is 4. The van der Waals surface area contributed by atoms with Gasteiger partial charge in [0.1, 0.15) is 5.82 Å². The van der Waals surface area contributed by atoms with E-state index in [2.05, 4.69) is 5.43 Å².